The highest BCUT2D eigenvalue weighted by molar-refractivity contribution is 6.45. The van der Waals surface area contributed by atoms with Gasteiger partial charge in [0.05, 0.1) is 23.3 Å². The minimum absolute atomic E-state index is 0.137. The topological polar surface area (TPSA) is 50.7 Å². The van der Waals surface area contributed by atoms with Crippen LogP contribution in [0.2, 0.25) is 0 Å². The van der Waals surface area contributed by atoms with E-state index in [4.69, 9.17) is 17.3 Å². The average molecular weight is 448 g/mol. The quantitative estimate of drug-likeness (QED) is 0.204. The van der Waals surface area contributed by atoms with Crippen LogP contribution in [0.3, 0.4) is 0 Å². The van der Waals surface area contributed by atoms with Crippen LogP contribution in [0.15, 0.2) is 105 Å². The molecule has 1 unspecified atom stereocenters. The first-order chi connectivity index (χ1) is 15.5. The van der Waals surface area contributed by atoms with Gasteiger partial charge < -0.3 is 5.73 Å². The second kappa shape index (κ2) is 11.8. The summed E-state index contributed by atoms with van der Waals surface area (Å²) in [7, 11) is 0. The van der Waals surface area contributed by atoms with Crippen LogP contribution in [0.1, 0.15) is 46.0 Å². The van der Waals surface area contributed by atoms with Crippen molar-refractivity contribution in [1.29, 1.82) is 0 Å². The van der Waals surface area contributed by atoms with Crippen LogP contribution < -0.4 is 5.73 Å². The molecular weight excluding hydrogens is 414 g/mol. The average Bonchev–Trinajstić information content (AvgIpc) is 3.13. The van der Waals surface area contributed by atoms with E-state index in [0.29, 0.717) is 24.0 Å². The molecule has 1 heterocycles. The number of halogens is 1. The van der Waals surface area contributed by atoms with Gasteiger partial charge in [-0.2, -0.15) is 0 Å². The van der Waals surface area contributed by atoms with Crippen molar-refractivity contribution in [2.75, 3.05) is 6.54 Å². The third-order valence-electron chi connectivity index (χ3n) is 6.12. The van der Waals surface area contributed by atoms with E-state index in [-0.39, 0.29) is 5.38 Å². The molecule has 1 aliphatic heterocycles. The van der Waals surface area contributed by atoms with Gasteiger partial charge in [-0.1, -0.05) is 74.4 Å². The molecule has 1 atom stereocenters. The van der Waals surface area contributed by atoms with Crippen molar-refractivity contribution in [3.63, 3.8) is 0 Å². The van der Waals surface area contributed by atoms with Crippen LogP contribution in [-0.2, 0) is 0 Å². The first-order valence-electron chi connectivity index (χ1n) is 11.5. The molecule has 3 nitrogen and oxygen atoms in total. The van der Waals surface area contributed by atoms with Crippen LogP contribution in [0.5, 0.6) is 0 Å². The lowest BCUT2D eigenvalue weighted by Gasteiger charge is -2.22. The maximum absolute atomic E-state index is 6.29. The summed E-state index contributed by atoms with van der Waals surface area (Å²) in [6, 6.07) is 0. The Balaban J connectivity index is 1.67. The molecular formula is C28H34ClN3. The van der Waals surface area contributed by atoms with Crippen LogP contribution in [0, 0.1) is 5.92 Å². The fourth-order valence-corrected chi connectivity index (χ4v) is 4.48. The smallest absolute Gasteiger partial charge is 0.149 e. The van der Waals surface area contributed by atoms with Gasteiger partial charge in [-0.05, 0) is 67.1 Å². The predicted octanol–water partition coefficient (Wildman–Crippen LogP) is 6.93. The van der Waals surface area contributed by atoms with Crippen LogP contribution in [-0.4, -0.2) is 23.5 Å². The lowest BCUT2D eigenvalue weighted by Crippen LogP contribution is -2.22. The van der Waals surface area contributed by atoms with E-state index in [0.717, 1.165) is 22.4 Å². The van der Waals surface area contributed by atoms with Crippen molar-refractivity contribution in [1.82, 2.24) is 0 Å². The Morgan fingerprint density at radius 1 is 1.22 bits per heavy atom. The van der Waals surface area contributed by atoms with Crippen molar-refractivity contribution >= 4 is 23.1 Å². The molecule has 0 aromatic carbocycles. The Morgan fingerprint density at radius 3 is 2.75 bits per heavy atom. The molecule has 0 amide bonds. The monoisotopic (exact) mass is 447 g/mol. The fourth-order valence-electron chi connectivity index (χ4n) is 4.21. The van der Waals surface area contributed by atoms with Crippen LogP contribution >= 0.6 is 11.6 Å². The zero-order chi connectivity index (χ0) is 22.9. The van der Waals surface area contributed by atoms with Gasteiger partial charge in [0.1, 0.15) is 5.84 Å². The molecule has 2 N–H and O–H groups in total. The third kappa shape index (κ3) is 6.67. The highest BCUT2D eigenvalue weighted by Crippen LogP contribution is 2.30. The highest BCUT2D eigenvalue weighted by Gasteiger charge is 2.15. The minimum Gasteiger partial charge on any atom is -0.382 e. The molecule has 0 spiro atoms. The van der Waals surface area contributed by atoms with Crippen molar-refractivity contribution in [2.45, 2.75) is 51.3 Å². The van der Waals surface area contributed by atoms with Gasteiger partial charge in [0.25, 0.3) is 0 Å². The van der Waals surface area contributed by atoms with E-state index in [1.165, 1.54) is 37.7 Å². The highest BCUT2D eigenvalue weighted by atomic mass is 35.5. The third-order valence-corrected chi connectivity index (χ3v) is 6.39. The zero-order valence-corrected chi connectivity index (χ0v) is 20.0. The number of nitrogens with two attached hydrogens (primary N) is 1. The molecule has 3 aliphatic rings. The molecule has 1 saturated carbocycles. The second-order valence-electron chi connectivity index (χ2n) is 8.43. The number of hydrogen-bond donors (Lipinski definition) is 1. The van der Waals surface area contributed by atoms with Gasteiger partial charge in [-0.3, -0.25) is 4.99 Å². The molecule has 4 heteroatoms. The summed E-state index contributed by atoms with van der Waals surface area (Å²) in [5.74, 6) is 1.08. The van der Waals surface area contributed by atoms with E-state index < -0.39 is 0 Å². The maximum Gasteiger partial charge on any atom is 0.149 e. The summed E-state index contributed by atoms with van der Waals surface area (Å²) >= 11 is 6.20. The molecule has 0 bridgehead atoms. The van der Waals surface area contributed by atoms with E-state index in [9.17, 15) is 0 Å². The van der Waals surface area contributed by atoms with Crippen molar-refractivity contribution in [3.05, 3.63) is 95.3 Å². The summed E-state index contributed by atoms with van der Waals surface area (Å²) in [5.41, 5.74) is 12.2. The molecule has 2 aliphatic carbocycles. The van der Waals surface area contributed by atoms with E-state index >= 15 is 0 Å². The van der Waals surface area contributed by atoms with Gasteiger partial charge in [0, 0.05) is 0 Å². The molecule has 1 fully saturated rings. The Kier molecular flexibility index (Phi) is 8.87. The van der Waals surface area contributed by atoms with Gasteiger partial charge in [0.2, 0.25) is 0 Å². The van der Waals surface area contributed by atoms with E-state index in [2.05, 4.69) is 47.8 Å². The Hall–Kier alpha value is -2.65. The Labute approximate surface area is 197 Å². The van der Waals surface area contributed by atoms with Crippen molar-refractivity contribution < 1.29 is 0 Å². The maximum atomic E-state index is 6.29. The summed E-state index contributed by atoms with van der Waals surface area (Å²) in [4.78, 5) is 9.20. The number of hydrogen-bond acceptors (Lipinski definition) is 2. The fraction of sp³-hybridized carbons (Fsp3) is 0.357. The number of rotatable bonds is 6. The number of amidine groups is 1. The normalized spacial score (nSPS) is 23.3. The number of nitrogens with zero attached hydrogens (tertiary/aromatic N) is 2. The Morgan fingerprint density at radius 2 is 2.00 bits per heavy atom. The van der Waals surface area contributed by atoms with Gasteiger partial charge in [-0.25, -0.2) is 4.99 Å². The lowest BCUT2D eigenvalue weighted by molar-refractivity contribution is 0.408. The molecule has 0 aromatic heterocycles. The molecule has 0 saturated heterocycles. The van der Waals surface area contributed by atoms with Crippen LogP contribution in [0.4, 0.5) is 0 Å². The number of aliphatic imine (C=N–C) groups is 2. The first-order valence-corrected chi connectivity index (χ1v) is 11.9. The summed E-state index contributed by atoms with van der Waals surface area (Å²) < 4.78 is 0. The molecule has 168 valence electrons. The van der Waals surface area contributed by atoms with E-state index in [1.807, 2.05) is 43.4 Å². The zero-order valence-electron chi connectivity index (χ0n) is 19.2. The predicted molar refractivity (Wildman–Crippen MR) is 140 cm³/mol. The van der Waals surface area contributed by atoms with Crippen LogP contribution in [0.25, 0.3) is 0 Å². The molecule has 3 rings (SSSR count). The van der Waals surface area contributed by atoms with Gasteiger partial charge in [-0.15, -0.1) is 11.6 Å². The molecule has 0 radical (unpaired) electrons. The Bertz CT molecular complexity index is 990. The van der Waals surface area contributed by atoms with E-state index in [1.54, 1.807) is 0 Å². The standard InChI is InChI=1S/C28H34ClN3/c1-4-22(24-9-6-5-7-10-24)14-13-20(2)23-15-16-27(31-18-17-23)28(30)32-26-12-8-11-25(29)19-21(26)3/h4,8,11-17,19,24-25H,2,5-7,9-10,18H2,1,3H3,(H2,30,32)/b14-13-,22-4+. The SMILES string of the molecule is C=C(/C=C\C(=C/C)C1CCCCC1)C1=CCN=C(C(N)=NC2=CC=CC(Cl)C=C2C)C=C1. The summed E-state index contributed by atoms with van der Waals surface area (Å²) in [5, 5.41) is -0.137. The lowest BCUT2D eigenvalue weighted by atomic mass is 9.83. The number of allylic oxidation sites excluding steroid dienone is 12. The van der Waals surface area contributed by atoms with Gasteiger partial charge in [0.15, 0.2) is 0 Å². The first kappa shape index (κ1) is 24.0. The minimum atomic E-state index is -0.137. The van der Waals surface area contributed by atoms with Gasteiger partial charge >= 0.3 is 0 Å². The van der Waals surface area contributed by atoms with Crippen molar-refractivity contribution in [3.8, 4) is 0 Å². The second-order valence-corrected chi connectivity index (χ2v) is 8.93. The summed E-state index contributed by atoms with van der Waals surface area (Å²) in [6.45, 7) is 8.94. The molecule has 32 heavy (non-hydrogen) atoms. The molecule has 0 aromatic rings. The largest absolute Gasteiger partial charge is 0.382 e. The number of alkyl halides is 1. The summed E-state index contributed by atoms with van der Waals surface area (Å²) in [6.07, 6.45) is 27.0. The van der Waals surface area contributed by atoms with Crippen molar-refractivity contribution in [2.24, 2.45) is 21.6 Å².